The zero-order chi connectivity index (χ0) is 10.4. The molecule has 80 valence electrons. The van der Waals surface area contributed by atoms with E-state index in [-0.39, 0.29) is 11.7 Å². The lowest BCUT2D eigenvalue weighted by Gasteiger charge is -2.26. The highest BCUT2D eigenvalue weighted by molar-refractivity contribution is 5.84. The van der Waals surface area contributed by atoms with E-state index in [9.17, 15) is 9.59 Å². The Bertz CT molecular complexity index is 207. The van der Waals surface area contributed by atoms with Crippen molar-refractivity contribution in [1.82, 2.24) is 4.90 Å². The lowest BCUT2D eigenvalue weighted by molar-refractivity contribution is -0.134. The van der Waals surface area contributed by atoms with Gasteiger partial charge in [0, 0.05) is 32.4 Å². The zero-order valence-electron chi connectivity index (χ0n) is 8.92. The summed E-state index contributed by atoms with van der Waals surface area (Å²) in [5.41, 5.74) is 0. The third-order valence-corrected chi connectivity index (χ3v) is 2.72. The van der Waals surface area contributed by atoms with Gasteiger partial charge >= 0.3 is 0 Å². The largest absolute Gasteiger partial charge is 0.343 e. The summed E-state index contributed by atoms with van der Waals surface area (Å²) < 4.78 is 0. The number of piperidine rings is 1. The van der Waals surface area contributed by atoms with Gasteiger partial charge < -0.3 is 4.90 Å². The van der Waals surface area contributed by atoms with E-state index in [1.165, 1.54) is 6.42 Å². The molecule has 3 heteroatoms. The third kappa shape index (κ3) is 3.48. The van der Waals surface area contributed by atoms with Gasteiger partial charge in [0.25, 0.3) is 0 Å². The molecule has 0 unspecified atom stereocenters. The van der Waals surface area contributed by atoms with Gasteiger partial charge in [-0.2, -0.15) is 0 Å². The number of likely N-dealkylation sites (tertiary alicyclic amines) is 1. The van der Waals surface area contributed by atoms with Crippen molar-refractivity contribution in [3.05, 3.63) is 0 Å². The summed E-state index contributed by atoms with van der Waals surface area (Å²) in [5.74, 6) is 0.349. The summed E-state index contributed by atoms with van der Waals surface area (Å²) in [5, 5.41) is 0. The van der Waals surface area contributed by atoms with Crippen molar-refractivity contribution >= 4 is 11.7 Å². The number of ketones is 1. The van der Waals surface area contributed by atoms with Gasteiger partial charge in [-0.1, -0.05) is 6.92 Å². The maximum absolute atomic E-state index is 11.6. The summed E-state index contributed by atoms with van der Waals surface area (Å²) in [4.78, 5) is 24.5. The Balaban J connectivity index is 2.23. The summed E-state index contributed by atoms with van der Waals surface area (Å²) >= 11 is 0. The van der Waals surface area contributed by atoms with Gasteiger partial charge in [0.15, 0.2) is 0 Å². The topological polar surface area (TPSA) is 37.4 Å². The second-order valence-corrected chi connectivity index (χ2v) is 3.83. The molecule has 0 aromatic heterocycles. The van der Waals surface area contributed by atoms with Gasteiger partial charge in [-0.15, -0.1) is 0 Å². The maximum atomic E-state index is 11.6. The average molecular weight is 197 g/mol. The van der Waals surface area contributed by atoms with E-state index >= 15 is 0 Å². The highest BCUT2D eigenvalue weighted by atomic mass is 16.2. The second kappa shape index (κ2) is 5.78. The first-order chi connectivity index (χ1) is 6.74. The fourth-order valence-corrected chi connectivity index (χ4v) is 1.72. The van der Waals surface area contributed by atoms with Crippen molar-refractivity contribution < 1.29 is 9.59 Å². The number of rotatable bonds is 4. The quantitative estimate of drug-likeness (QED) is 0.688. The molecule has 0 aromatic rings. The summed E-state index contributed by atoms with van der Waals surface area (Å²) in [6.07, 6.45) is 4.85. The Hall–Kier alpha value is -0.860. The van der Waals surface area contributed by atoms with Crippen LogP contribution >= 0.6 is 0 Å². The smallest absolute Gasteiger partial charge is 0.223 e. The fraction of sp³-hybridized carbons (Fsp3) is 0.818. The van der Waals surface area contributed by atoms with Crippen molar-refractivity contribution in [3.8, 4) is 0 Å². The standard InChI is InChI=1S/C11H19NO2/c1-2-10(13)6-7-11(14)12-8-4-3-5-9-12/h2-9H2,1H3. The van der Waals surface area contributed by atoms with Crippen LogP contribution in [0, 0.1) is 0 Å². The average Bonchev–Trinajstić information content (AvgIpc) is 2.26. The maximum Gasteiger partial charge on any atom is 0.223 e. The van der Waals surface area contributed by atoms with Crippen LogP contribution < -0.4 is 0 Å². The first kappa shape index (κ1) is 11.2. The molecule has 0 saturated carbocycles. The Morgan fingerprint density at radius 2 is 1.71 bits per heavy atom. The van der Waals surface area contributed by atoms with Gasteiger partial charge in [0.05, 0.1) is 0 Å². The van der Waals surface area contributed by atoms with Crippen LogP contribution in [0.15, 0.2) is 0 Å². The van der Waals surface area contributed by atoms with Crippen molar-refractivity contribution in [3.63, 3.8) is 0 Å². The van der Waals surface area contributed by atoms with Crippen LogP contribution in [0.2, 0.25) is 0 Å². The summed E-state index contributed by atoms with van der Waals surface area (Å²) in [7, 11) is 0. The minimum Gasteiger partial charge on any atom is -0.343 e. The van der Waals surface area contributed by atoms with Crippen LogP contribution in [0.5, 0.6) is 0 Å². The number of hydrogen-bond acceptors (Lipinski definition) is 2. The van der Waals surface area contributed by atoms with E-state index in [1.54, 1.807) is 0 Å². The molecule has 1 fully saturated rings. The van der Waals surface area contributed by atoms with E-state index in [4.69, 9.17) is 0 Å². The number of Topliss-reactive ketones (excluding diaryl/α,β-unsaturated/α-hetero) is 1. The zero-order valence-corrected chi connectivity index (χ0v) is 8.92. The van der Waals surface area contributed by atoms with Gasteiger partial charge in [-0.3, -0.25) is 9.59 Å². The van der Waals surface area contributed by atoms with E-state index in [2.05, 4.69) is 0 Å². The predicted molar refractivity (Wildman–Crippen MR) is 55.0 cm³/mol. The Kier molecular flexibility index (Phi) is 4.63. The molecule has 0 spiro atoms. The van der Waals surface area contributed by atoms with E-state index in [0.717, 1.165) is 25.9 Å². The molecule has 1 rings (SSSR count). The highest BCUT2D eigenvalue weighted by Crippen LogP contribution is 2.10. The summed E-state index contributed by atoms with van der Waals surface area (Å²) in [6, 6.07) is 0. The fourth-order valence-electron chi connectivity index (χ4n) is 1.72. The second-order valence-electron chi connectivity index (χ2n) is 3.83. The van der Waals surface area contributed by atoms with Crippen LogP contribution in [0.25, 0.3) is 0 Å². The normalized spacial score (nSPS) is 16.8. The molecule has 14 heavy (non-hydrogen) atoms. The van der Waals surface area contributed by atoms with Crippen molar-refractivity contribution in [2.24, 2.45) is 0 Å². The molecule has 1 amide bonds. The molecule has 0 bridgehead atoms. The van der Waals surface area contributed by atoms with Crippen LogP contribution in [0.1, 0.15) is 45.4 Å². The third-order valence-electron chi connectivity index (χ3n) is 2.72. The van der Waals surface area contributed by atoms with E-state index < -0.39 is 0 Å². The molecular formula is C11H19NO2. The molecule has 1 aliphatic heterocycles. The minimum absolute atomic E-state index is 0.159. The van der Waals surface area contributed by atoms with Crippen LogP contribution in [-0.2, 0) is 9.59 Å². The predicted octanol–water partition coefficient (Wildman–Crippen LogP) is 1.76. The van der Waals surface area contributed by atoms with Crippen LogP contribution in [0.4, 0.5) is 0 Å². The molecular weight excluding hydrogens is 178 g/mol. The minimum atomic E-state index is 0.159. The number of hydrogen-bond donors (Lipinski definition) is 0. The molecule has 1 aliphatic rings. The number of carbonyl (C=O) groups excluding carboxylic acids is 2. The number of carbonyl (C=O) groups is 2. The lowest BCUT2D eigenvalue weighted by Crippen LogP contribution is -2.35. The molecule has 0 atom stereocenters. The highest BCUT2D eigenvalue weighted by Gasteiger charge is 2.16. The molecule has 3 nitrogen and oxygen atoms in total. The first-order valence-electron chi connectivity index (χ1n) is 5.53. The molecule has 0 aromatic carbocycles. The Morgan fingerprint density at radius 1 is 1.07 bits per heavy atom. The molecule has 0 radical (unpaired) electrons. The van der Waals surface area contributed by atoms with Gasteiger partial charge in [0.1, 0.15) is 5.78 Å². The van der Waals surface area contributed by atoms with Gasteiger partial charge in [-0.25, -0.2) is 0 Å². The van der Waals surface area contributed by atoms with Crippen molar-refractivity contribution in [2.45, 2.75) is 45.4 Å². The Morgan fingerprint density at radius 3 is 2.29 bits per heavy atom. The number of amides is 1. The molecule has 1 saturated heterocycles. The van der Waals surface area contributed by atoms with Gasteiger partial charge in [0.2, 0.25) is 5.91 Å². The van der Waals surface area contributed by atoms with Crippen molar-refractivity contribution in [2.75, 3.05) is 13.1 Å². The lowest BCUT2D eigenvalue weighted by atomic mass is 10.1. The SMILES string of the molecule is CCC(=O)CCC(=O)N1CCCCC1. The van der Waals surface area contributed by atoms with Crippen LogP contribution in [-0.4, -0.2) is 29.7 Å². The summed E-state index contributed by atoms with van der Waals surface area (Å²) in [6.45, 7) is 3.62. The molecule has 0 aliphatic carbocycles. The Labute approximate surface area is 85.5 Å². The first-order valence-corrected chi connectivity index (χ1v) is 5.53. The van der Waals surface area contributed by atoms with Crippen LogP contribution in [0.3, 0.4) is 0 Å². The number of nitrogens with zero attached hydrogens (tertiary/aromatic N) is 1. The molecule has 0 N–H and O–H groups in total. The van der Waals surface area contributed by atoms with E-state index in [1.807, 2.05) is 11.8 Å². The molecule has 1 heterocycles. The van der Waals surface area contributed by atoms with Crippen molar-refractivity contribution in [1.29, 1.82) is 0 Å². The van der Waals surface area contributed by atoms with Gasteiger partial charge in [-0.05, 0) is 19.3 Å². The monoisotopic (exact) mass is 197 g/mol. The van der Waals surface area contributed by atoms with E-state index in [0.29, 0.717) is 19.3 Å².